The van der Waals surface area contributed by atoms with Gasteiger partial charge in [-0.2, -0.15) is 0 Å². The van der Waals surface area contributed by atoms with E-state index in [1.807, 2.05) is 37.3 Å². The molecule has 0 aliphatic carbocycles. The van der Waals surface area contributed by atoms with Crippen molar-refractivity contribution in [1.82, 2.24) is 15.5 Å². The summed E-state index contributed by atoms with van der Waals surface area (Å²) in [4.78, 5) is 29.3. The van der Waals surface area contributed by atoms with Crippen molar-refractivity contribution >= 4 is 11.8 Å². The average molecular weight is 460 g/mol. The molecule has 180 valence electrons. The fourth-order valence-electron chi connectivity index (χ4n) is 6.27. The van der Waals surface area contributed by atoms with Crippen LogP contribution in [0.4, 0.5) is 0 Å². The molecule has 0 saturated carbocycles. The van der Waals surface area contributed by atoms with Gasteiger partial charge in [0, 0.05) is 18.2 Å². The summed E-state index contributed by atoms with van der Waals surface area (Å²) in [5.74, 6) is 0.837. The van der Waals surface area contributed by atoms with E-state index in [2.05, 4.69) is 41.5 Å². The molecular formula is C29H37N3O2. The van der Waals surface area contributed by atoms with Gasteiger partial charge in [-0.1, -0.05) is 50.2 Å². The summed E-state index contributed by atoms with van der Waals surface area (Å²) < 4.78 is 0. The maximum atomic E-state index is 13.7. The standard InChI is InChI=1S/C29H37N3O2/c1-18(2)14-20-15-22-11-13-32-26(17-25-23(29(32)34)10-7-12-30-25)27(22)24(16-20)28(33)31-19(3)21-8-5-4-6-9-21/h4-6,8-9,15-16,18-19,23,25-26,30H,7,10-14,17H2,1-3H3,(H,31,33)/t19-,23+,25+,26+/m1/s1. The molecule has 5 nitrogen and oxygen atoms in total. The lowest BCUT2D eigenvalue weighted by molar-refractivity contribution is -0.145. The molecule has 0 radical (unpaired) electrons. The molecule has 0 unspecified atom stereocenters. The van der Waals surface area contributed by atoms with Crippen LogP contribution in [0.15, 0.2) is 42.5 Å². The molecule has 34 heavy (non-hydrogen) atoms. The summed E-state index contributed by atoms with van der Waals surface area (Å²) in [6.07, 6.45) is 4.69. The highest BCUT2D eigenvalue weighted by atomic mass is 16.2. The van der Waals surface area contributed by atoms with E-state index < -0.39 is 0 Å². The second-order valence-electron chi connectivity index (χ2n) is 10.8. The van der Waals surface area contributed by atoms with E-state index in [0.29, 0.717) is 5.92 Å². The third-order valence-corrected chi connectivity index (χ3v) is 7.85. The minimum Gasteiger partial charge on any atom is -0.346 e. The van der Waals surface area contributed by atoms with E-state index in [-0.39, 0.29) is 35.9 Å². The van der Waals surface area contributed by atoms with Crippen molar-refractivity contribution in [3.8, 4) is 0 Å². The first kappa shape index (κ1) is 23.1. The minimum atomic E-state index is -0.0878. The van der Waals surface area contributed by atoms with Crippen LogP contribution in [0.2, 0.25) is 0 Å². The molecule has 3 aliphatic rings. The average Bonchev–Trinajstić information content (AvgIpc) is 2.83. The van der Waals surface area contributed by atoms with Gasteiger partial charge in [0.2, 0.25) is 5.91 Å². The number of nitrogens with zero attached hydrogens (tertiary/aromatic N) is 1. The number of hydrogen-bond acceptors (Lipinski definition) is 3. The molecule has 4 atom stereocenters. The zero-order valence-corrected chi connectivity index (χ0v) is 20.6. The van der Waals surface area contributed by atoms with Gasteiger partial charge in [0.05, 0.1) is 18.0 Å². The monoisotopic (exact) mass is 459 g/mol. The number of piperidine rings is 2. The molecule has 0 spiro atoms. The van der Waals surface area contributed by atoms with E-state index in [4.69, 9.17) is 0 Å². The third kappa shape index (κ3) is 4.38. The topological polar surface area (TPSA) is 61.4 Å². The number of hydrogen-bond donors (Lipinski definition) is 2. The third-order valence-electron chi connectivity index (χ3n) is 7.85. The van der Waals surface area contributed by atoms with Gasteiger partial charge in [-0.15, -0.1) is 0 Å². The van der Waals surface area contributed by atoms with Gasteiger partial charge in [0.15, 0.2) is 0 Å². The summed E-state index contributed by atoms with van der Waals surface area (Å²) in [7, 11) is 0. The van der Waals surface area contributed by atoms with E-state index in [1.165, 1.54) is 11.1 Å². The molecule has 0 aromatic heterocycles. The Hall–Kier alpha value is -2.66. The van der Waals surface area contributed by atoms with Crippen LogP contribution in [0.5, 0.6) is 0 Å². The number of rotatable bonds is 5. The van der Waals surface area contributed by atoms with Crippen molar-refractivity contribution in [2.45, 2.75) is 71.0 Å². The Bertz CT molecular complexity index is 1060. The smallest absolute Gasteiger partial charge is 0.252 e. The van der Waals surface area contributed by atoms with Gasteiger partial charge >= 0.3 is 0 Å². The lowest BCUT2D eigenvalue weighted by Crippen LogP contribution is -2.58. The molecule has 2 N–H and O–H groups in total. The predicted molar refractivity (Wildman–Crippen MR) is 135 cm³/mol. The fourth-order valence-corrected chi connectivity index (χ4v) is 6.27. The van der Waals surface area contributed by atoms with Gasteiger partial charge in [-0.3, -0.25) is 9.59 Å². The molecule has 5 heteroatoms. The summed E-state index contributed by atoms with van der Waals surface area (Å²) >= 11 is 0. The van der Waals surface area contributed by atoms with Crippen molar-refractivity contribution in [3.05, 3.63) is 70.3 Å². The maximum absolute atomic E-state index is 13.7. The van der Waals surface area contributed by atoms with Crippen molar-refractivity contribution in [2.75, 3.05) is 13.1 Å². The highest BCUT2D eigenvalue weighted by Crippen LogP contribution is 2.43. The van der Waals surface area contributed by atoms with E-state index in [1.54, 1.807) is 0 Å². The van der Waals surface area contributed by atoms with Crippen LogP contribution < -0.4 is 10.6 Å². The Morgan fingerprint density at radius 3 is 2.74 bits per heavy atom. The normalized spacial score (nSPS) is 24.8. The summed E-state index contributed by atoms with van der Waals surface area (Å²) in [5, 5.41) is 6.86. The first-order valence-electron chi connectivity index (χ1n) is 13.0. The van der Waals surface area contributed by atoms with Crippen LogP contribution in [-0.4, -0.2) is 35.8 Å². The first-order chi connectivity index (χ1) is 16.4. The lowest BCUT2D eigenvalue weighted by Gasteiger charge is -2.49. The van der Waals surface area contributed by atoms with Gasteiger partial charge < -0.3 is 15.5 Å². The molecule has 2 saturated heterocycles. The fraction of sp³-hybridized carbons (Fsp3) is 0.517. The molecule has 2 amide bonds. The van der Waals surface area contributed by atoms with Crippen LogP contribution in [0.1, 0.15) is 84.7 Å². The number of benzene rings is 2. The molecular weight excluding hydrogens is 422 g/mol. The minimum absolute atomic E-state index is 0.0241. The van der Waals surface area contributed by atoms with Crippen molar-refractivity contribution in [3.63, 3.8) is 0 Å². The van der Waals surface area contributed by atoms with Crippen LogP contribution in [0.25, 0.3) is 0 Å². The number of carbonyl (C=O) groups is 2. The number of fused-ring (bicyclic) bond motifs is 4. The second kappa shape index (κ2) is 9.53. The van der Waals surface area contributed by atoms with Crippen LogP contribution in [0, 0.1) is 11.8 Å². The Morgan fingerprint density at radius 1 is 1.18 bits per heavy atom. The Morgan fingerprint density at radius 2 is 1.97 bits per heavy atom. The molecule has 2 aromatic carbocycles. The largest absolute Gasteiger partial charge is 0.346 e. The van der Waals surface area contributed by atoms with Gasteiger partial charge in [-0.05, 0) is 79.8 Å². The molecule has 2 fully saturated rings. The van der Waals surface area contributed by atoms with Crippen LogP contribution >= 0.6 is 0 Å². The summed E-state index contributed by atoms with van der Waals surface area (Å²) in [6, 6.07) is 14.6. The van der Waals surface area contributed by atoms with E-state index >= 15 is 0 Å². The highest BCUT2D eigenvalue weighted by Gasteiger charge is 2.46. The summed E-state index contributed by atoms with van der Waals surface area (Å²) in [6.45, 7) is 8.19. The zero-order chi connectivity index (χ0) is 23.8. The molecule has 2 aromatic rings. The molecule has 3 heterocycles. The second-order valence-corrected chi connectivity index (χ2v) is 10.8. The highest BCUT2D eigenvalue weighted by molar-refractivity contribution is 5.97. The zero-order valence-electron chi connectivity index (χ0n) is 20.6. The van der Waals surface area contributed by atoms with Crippen molar-refractivity contribution in [1.29, 1.82) is 0 Å². The van der Waals surface area contributed by atoms with Gasteiger partial charge in [0.1, 0.15) is 0 Å². The van der Waals surface area contributed by atoms with Crippen LogP contribution in [0.3, 0.4) is 0 Å². The van der Waals surface area contributed by atoms with Gasteiger partial charge in [-0.25, -0.2) is 0 Å². The Kier molecular flexibility index (Phi) is 6.48. The predicted octanol–water partition coefficient (Wildman–Crippen LogP) is 4.57. The molecule has 3 aliphatic heterocycles. The summed E-state index contributed by atoms with van der Waals surface area (Å²) in [5.41, 5.74) is 5.39. The number of carbonyl (C=O) groups excluding carboxylic acids is 2. The van der Waals surface area contributed by atoms with Gasteiger partial charge in [0.25, 0.3) is 5.91 Å². The first-order valence-corrected chi connectivity index (χ1v) is 13.0. The molecule has 0 bridgehead atoms. The van der Waals surface area contributed by atoms with E-state index in [9.17, 15) is 9.59 Å². The molecule has 5 rings (SSSR count). The quantitative estimate of drug-likeness (QED) is 0.688. The van der Waals surface area contributed by atoms with Crippen LogP contribution in [-0.2, 0) is 17.6 Å². The van der Waals surface area contributed by atoms with E-state index in [0.717, 1.165) is 61.9 Å². The van der Waals surface area contributed by atoms with Crippen molar-refractivity contribution in [2.24, 2.45) is 11.8 Å². The number of nitrogens with one attached hydrogen (secondary N) is 2. The Balaban J connectivity index is 1.52. The SMILES string of the molecule is CC(C)Cc1cc2c(c(C(=O)N[C@H](C)c3ccccc3)c1)[C@@H]1C[C@@H]3NCCC[C@@H]3C(=O)N1CC2. The maximum Gasteiger partial charge on any atom is 0.252 e. The Labute approximate surface area is 203 Å². The van der Waals surface area contributed by atoms with Crippen molar-refractivity contribution < 1.29 is 9.59 Å². The number of amides is 2. The lowest BCUT2D eigenvalue weighted by atomic mass is 9.75.